The molecule has 1 fully saturated rings. The molecule has 3 aromatic rings. The van der Waals surface area contributed by atoms with E-state index in [2.05, 4.69) is 13.8 Å². The molecule has 1 aliphatic heterocycles. The van der Waals surface area contributed by atoms with Crippen LogP contribution in [0.4, 0.5) is 5.69 Å². The maximum Gasteiger partial charge on any atom is 0.300 e. The number of Topliss-reactive ketones (excluding diaryl/α,β-unsaturated/α-hetero) is 1. The lowest BCUT2D eigenvalue weighted by Gasteiger charge is -2.26. The molecule has 0 bridgehead atoms. The highest BCUT2D eigenvalue weighted by Gasteiger charge is 2.47. The van der Waals surface area contributed by atoms with Gasteiger partial charge in [-0.1, -0.05) is 62.4 Å². The van der Waals surface area contributed by atoms with Crippen LogP contribution in [0.3, 0.4) is 0 Å². The molecular formula is C28H27NO4. The number of rotatable bonds is 6. The second-order valence-electron chi connectivity index (χ2n) is 8.60. The van der Waals surface area contributed by atoms with E-state index in [1.807, 2.05) is 61.5 Å². The molecule has 3 aromatic carbocycles. The van der Waals surface area contributed by atoms with Gasteiger partial charge in [0.25, 0.3) is 11.7 Å². The largest absolute Gasteiger partial charge is 0.507 e. The van der Waals surface area contributed by atoms with Crippen molar-refractivity contribution in [2.75, 3.05) is 11.5 Å². The van der Waals surface area contributed by atoms with Gasteiger partial charge in [-0.2, -0.15) is 0 Å². The smallest absolute Gasteiger partial charge is 0.300 e. The molecule has 5 nitrogen and oxygen atoms in total. The Morgan fingerprint density at radius 3 is 2.21 bits per heavy atom. The van der Waals surface area contributed by atoms with Crippen LogP contribution in [-0.4, -0.2) is 23.4 Å². The van der Waals surface area contributed by atoms with Crippen LogP contribution < -0.4 is 9.64 Å². The Hall–Kier alpha value is -3.86. The van der Waals surface area contributed by atoms with Gasteiger partial charge in [0.15, 0.2) is 0 Å². The molecule has 168 valence electrons. The highest BCUT2D eigenvalue weighted by Crippen LogP contribution is 2.43. The molecule has 5 heteroatoms. The molecule has 1 atom stereocenters. The first-order chi connectivity index (χ1) is 15.9. The number of para-hydroxylation sites is 1. The maximum atomic E-state index is 13.2. The molecule has 1 heterocycles. The number of benzene rings is 3. The quantitative estimate of drug-likeness (QED) is 0.305. The van der Waals surface area contributed by atoms with E-state index in [-0.39, 0.29) is 11.3 Å². The van der Waals surface area contributed by atoms with Crippen LogP contribution in [0.15, 0.2) is 84.4 Å². The molecule has 1 aliphatic rings. The van der Waals surface area contributed by atoms with Gasteiger partial charge in [0.2, 0.25) is 0 Å². The van der Waals surface area contributed by atoms with E-state index in [1.54, 1.807) is 24.3 Å². The molecule has 0 aliphatic carbocycles. The van der Waals surface area contributed by atoms with Crippen LogP contribution in [0.1, 0.15) is 36.6 Å². The van der Waals surface area contributed by atoms with Crippen molar-refractivity contribution in [2.45, 2.75) is 26.8 Å². The van der Waals surface area contributed by atoms with Crippen LogP contribution in [-0.2, 0) is 9.59 Å². The van der Waals surface area contributed by atoms with Gasteiger partial charge in [0.1, 0.15) is 11.5 Å². The summed E-state index contributed by atoms with van der Waals surface area (Å²) in [6, 6.07) is 22.9. The van der Waals surface area contributed by atoms with Crippen molar-refractivity contribution in [3.8, 4) is 5.75 Å². The number of aliphatic hydroxyl groups excluding tert-OH is 1. The minimum absolute atomic E-state index is 0.0744. The third-order valence-corrected chi connectivity index (χ3v) is 5.65. The monoisotopic (exact) mass is 441 g/mol. The molecule has 0 saturated carbocycles. The number of carbonyl (C=O) groups excluding carboxylic acids is 2. The summed E-state index contributed by atoms with van der Waals surface area (Å²) < 4.78 is 5.72. The van der Waals surface area contributed by atoms with Gasteiger partial charge in [0.05, 0.1) is 18.2 Å². The van der Waals surface area contributed by atoms with E-state index < -0.39 is 17.7 Å². The molecule has 0 radical (unpaired) electrons. The molecule has 33 heavy (non-hydrogen) atoms. The molecule has 0 aromatic heterocycles. The first-order valence-corrected chi connectivity index (χ1v) is 11.0. The number of ether oxygens (including phenoxy) is 1. The zero-order valence-electron chi connectivity index (χ0n) is 19.0. The number of aliphatic hydroxyl groups is 1. The average Bonchev–Trinajstić information content (AvgIpc) is 3.09. The summed E-state index contributed by atoms with van der Waals surface area (Å²) in [5.74, 6) is -0.489. The molecule has 1 amide bonds. The van der Waals surface area contributed by atoms with Crippen molar-refractivity contribution in [3.05, 3.63) is 101 Å². The number of ketones is 1. The second kappa shape index (κ2) is 9.33. The van der Waals surface area contributed by atoms with Gasteiger partial charge in [-0.25, -0.2) is 0 Å². The van der Waals surface area contributed by atoms with Crippen molar-refractivity contribution < 1.29 is 19.4 Å². The average molecular weight is 442 g/mol. The van der Waals surface area contributed by atoms with Crippen molar-refractivity contribution in [1.82, 2.24) is 0 Å². The molecular weight excluding hydrogens is 414 g/mol. The molecule has 0 spiro atoms. The third-order valence-electron chi connectivity index (χ3n) is 5.65. The zero-order chi connectivity index (χ0) is 23.5. The van der Waals surface area contributed by atoms with Crippen LogP contribution in [0, 0.1) is 12.8 Å². The van der Waals surface area contributed by atoms with Gasteiger partial charge in [0, 0.05) is 11.3 Å². The van der Waals surface area contributed by atoms with E-state index in [0.29, 0.717) is 29.5 Å². The van der Waals surface area contributed by atoms with Crippen molar-refractivity contribution in [3.63, 3.8) is 0 Å². The minimum atomic E-state index is -0.732. The van der Waals surface area contributed by atoms with Crippen LogP contribution >= 0.6 is 0 Å². The molecule has 1 saturated heterocycles. The summed E-state index contributed by atoms with van der Waals surface area (Å²) in [5.41, 5.74) is 2.79. The summed E-state index contributed by atoms with van der Waals surface area (Å²) in [6.45, 7) is 6.61. The second-order valence-corrected chi connectivity index (χ2v) is 8.60. The van der Waals surface area contributed by atoms with Crippen LogP contribution in [0.25, 0.3) is 5.76 Å². The first kappa shape index (κ1) is 22.3. The number of aryl methyl sites for hydroxylation is 1. The van der Waals surface area contributed by atoms with Crippen molar-refractivity contribution >= 4 is 23.1 Å². The normalized spacial score (nSPS) is 17.6. The number of nitrogens with zero attached hydrogens (tertiary/aromatic N) is 1. The van der Waals surface area contributed by atoms with Crippen molar-refractivity contribution in [2.24, 2.45) is 5.92 Å². The Balaban J connectivity index is 1.82. The van der Waals surface area contributed by atoms with Gasteiger partial charge in [-0.15, -0.1) is 0 Å². The number of anilines is 1. The highest BCUT2D eigenvalue weighted by atomic mass is 16.5. The minimum Gasteiger partial charge on any atom is -0.507 e. The fraction of sp³-hybridized carbons (Fsp3) is 0.214. The third kappa shape index (κ3) is 4.40. The van der Waals surface area contributed by atoms with E-state index in [4.69, 9.17) is 4.74 Å². The lowest BCUT2D eigenvalue weighted by atomic mass is 9.95. The number of hydrogen-bond donors (Lipinski definition) is 1. The van der Waals surface area contributed by atoms with Gasteiger partial charge >= 0.3 is 0 Å². The first-order valence-electron chi connectivity index (χ1n) is 11.0. The molecule has 1 N–H and O–H groups in total. The Morgan fingerprint density at radius 1 is 0.939 bits per heavy atom. The Labute approximate surface area is 193 Å². The lowest BCUT2D eigenvalue weighted by Crippen LogP contribution is -2.30. The van der Waals surface area contributed by atoms with E-state index in [9.17, 15) is 14.7 Å². The predicted octanol–water partition coefficient (Wildman–Crippen LogP) is 5.66. The van der Waals surface area contributed by atoms with E-state index in [1.165, 1.54) is 4.90 Å². The summed E-state index contributed by atoms with van der Waals surface area (Å²) in [6.07, 6.45) is 0. The summed E-state index contributed by atoms with van der Waals surface area (Å²) in [5, 5.41) is 11.2. The summed E-state index contributed by atoms with van der Waals surface area (Å²) in [7, 11) is 0. The number of hydrogen-bond acceptors (Lipinski definition) is 4. The molecule has 1 unspecified atom stereocenters. The Bertz CT molecular complexity index is 1200. The predicted molar refractivity (Wildman–Crippen MR) is 129 cm³/mol. The highest BCUT2D eigenvalue weighted by molar-refractivity contribution is 6.51. The summed E-state index contributed by atoms with van der Waals surface area (Å²) >= 11 is 0. The lowest BCUT2D eigenvalue weighted by molar-refractivity contribution is -0.132. The van der Waals surface area contributed by atoms with Crippen LogP contribution in [0.2, 0.25) is 0 Å². The zero-order valence-corrected chi connectivity index (χ0v) is 19.0. The molecule has 4 rings (SSSR count). The summed E-state index contributed by atoms with van der Waals surface area (Å²) in [4.78, 5) is 27.9. The van der Waals surface area contributed by atoms with Crippen molar-refractivity contribution in [1.29, 1.82) is 0 Å². The number of carbonyl (C=O) groups is 2. The topological polar surface area (TPSA) is 66.8 Å². The Morgan fingerprint density at radius 2 is 1.58 bits per heavy atom. The Kier molecular flexibility index (Phi) is 6.31. The van der Waals surface area contributed by atoms with E-state index >= 15 is 0 Å². The van der Waals surface area contributed by atoms with Crippen LogP contribution in [0.5, 0.6) is 5.75 Å². The van der Waals surface area contributed by atoms with Gasteiger partial charge in [-0.3, -0.25) is 14.5 Å². The van der Waals surface area contributed by atoms with Gasteiger partial charge in [-0.05, 0) is 54.3 Å². The van der Waals surface area contributed by atoms with E-state index in [0.717, 1.165) is 11.1 Å². The standard InChI is InChI=1S/C28H27NO4/c1-18(2)17-33-22-15-13-21(14-16-22)26(30)24-25(20-10-5-4-6-11-20)29(28(32)27(24)31)23-12-8-7-9-19(23)3/h4-16,18,25,30H,17H2,1-3H3/b26-24+. The fourth-order valence-electron chi connectivity index (χ4n) is 3.99. The fourth-order valence-corrected chi connectivity index (χ4v) is 3.99. The van der Waals surface area contributed by atoms with Gasteiger partial charge < -0.3 is 9.84 Å². The number of amides is 1. The maximum absolute atomic E-state index is 13.2. The SMILES string of the molecule is Cc1ccccc1N1C(=O)C(=O)/C(=C(/O)c2ccc(OCC(C)C)cc2)C1c1ccccc1.